The largest absolute Gasteiger partial charge is 0.383 e. The Labute approximate surface area is 190 Å². The van der Waals surface area contributed by atoms with Crippen LogP contribution in [0.4, 0.5) is 17.2 Å². The van der Waals surface area contributed by atoms with Crippen molar-refractivity contribution < 1.29 is 18.1 Å². The van der Waals surface area contributed by atoms with Gasteiger partial charge in [0.15, 0.2) is 15.5 Å². The van der Waals surface area contributed by atoms with Gasteiger partial charge in [-0.15, -0.1) is 0 Å². The minimum atomic E-state index is -3.87. The summed E-state index contributed by atoms with van der Waals surface area (Å²) in [6.07, 6.45) is 3.30. The van der Waals surface area contributed by atoms with E-state index in [0.29, 0.717) is 19.3 Å². The highest BCUT2D eigenvalue weighted by molar-refractivity contribution is 7.90. The van der Waals surface area contributed by atoms with Crippen LogP contribution in [0, 0.1) is 10.1 Å². The van der Waals surface area contributed by atoms with Crippen molar-refractivity contribution >= 4 is 32.9 Å². The smallest absolute Gasteiger partial charge is 0.330 e. The Morgan fingerprint density at radius 1 is 1.18 bits per heavy atom. The molecule has 1 heterocycles. The molecule has 0 aliphatic heterocycles. The maximum Gasteiger partial charge on any atom is 0.330 e. The van der Waals surface area contributed by atoms with Crippen LogP contribution in [0.3, 0.4) is 0 Å². The number of aromatic nitrogens is 2. The number of rotatable bonds is 10. The number of carbonyl (C=O) groups excluding carboxylic acids is 1. The second-order valence-electron chi connectivity index (χ2n) is 7.55. The highest BCUT2D eigenvalue weighted by Crippen LogP contribution is 2.25. The number of carbonyl (C=O) groups is 1. The van der Waals surface area contributed by atoms with Gasteiger partial charge in [0, 0.05) is 37.0 Å². The maximum absolute atomic E-state index is 13.4. The number of unbranched alkanes of at least 4 members (excludes halogenated alkanes) is 2. The molecule has 33 heavy (non-hydrogen) atoms. The number of benzene rings is 1. The Morgan fingerprint density at radius 2 is 1.82 bits per heavy atom. The molecular weight excluding hydrogens is 454 g/mol. The van der Waals surface area contributed by atoms with Crippen LogP contribution in [-0.4, -0.2) is 41.6 Å². The summed E-state index contributed by atoms with van der Waals surface area (Å²) in [5, 5.41) is 11.3. The first-order valence-corrected chi connectivity index (χ1v) is 12.3. The van der Waals surface area contributed by atoms with Crippen molar-refractivity contribution in [3.63, 3.8) is 0 Å². The SMILES string of the molecule is CCCCN(C(=O)c1cc([N+](=O)[O-])cc(S(C)(=O)=O)c1)c1c(N)n(CCCC)c(=O)[nH]c1=O. The molecule has 13 heteroatoms. The molecule has 0 saturated heterocycles. The molecule has 1 aromatic carbocycles. The minimum absolute atomic E-state index is 0.0193. The zero-order valence-corrected chi connectivity index (χ0v) is 19.5. The second-order valence-corrected chi connectivity index (χ2v) is 9.57. The van der Waals surface area contributed by atoms with Gasteiger partial charge in [-0.05, 0) is 18.9 Å². The summed E-state index contributed by atoms with van der Waals surface area (Å²) in [7, 11) is -3.87. The average molecular weight is 482 g/mol. The van der Waals surface area contributed by atoms with Gasteiger partial charge < -0.3 is 10.6 Å². The van der Waals surface area contributed by atoms with Gasteiger partial charge in [-0.1, -0.05) is 26.7 Å². The summed E-state index contributed by atoms with van der Waals surface area (Å²) in [6, 6.07) is 2.81. The van der Waals surface area contributed by atoms with Crippen LogP contribution >= 0.6 is 0 Å². The molecule has 0 spiro atoms. The molecular formula is C20H27N5O7S. The van der Waals surface area contributed by atoms with E-state index < -0.39 is 42.5 Å². The number of nitro benzene ring substituents is 1. The van der Waals surface area contributed by atoms with Crippen molar-refractivity contribution in [2.75, 3.05) is 23.4 Å². The Hall–Kier alpha value is -3.48. The molecule has 0 fully saturated rings. The highest BCUT2D eigenvalue weighted by atomic mass is 32.2. The lowest BCUT2D eigenvalue weighted by atomic mass is 10.1. The molecule has 0 atom stereocenters. The van der Waals surface area contributed by atoms with E-state index in [2.05, 4.69) is 4.98 Å². The third kappa shape index (κ3) is 5.86. The highest BCUT2D eigenvalue weighted by Gasteiger charge is 2.27. The third-order valence-corrected chi connectivity index (χ3v) is 6.07. The summed E-state index contributed by atoms with van der Waals surface area (Å²) in [5.41, 5.74) is 3.38. The molecule has 1 amide bonds. The molecule has 12 nitrogen and oxygen atoms in total. The molecule has 3 N–H and O–H groups in total. The van der Waals surface area contributed by atoms with Gasteiger partial charge in [0.2, 0.25) is 0 Å². The summed E-state index contributed by atoms with van der Waals surface area (Å²) < 4.78 is 25.2. The quantitative estimate of drug-likeness (QED) is 0.380. The van der Waals surface area contributed by atoms with Crippen molar-refractivity contribution in [1.29, 1.82) is 0 Å². The second kappa shape index (κ2) is 10.4. The first kappa shape index (κ1) is 25.8. The molecule has 180 valence electrons. The van der Waals surface area contributed by atoms with Crippen molar-refractivity contribution in [3.05, 3.63) is 54.7 Å². The van der Waals surface area contributed by atoms with Crippen LogP contribution in [0.2, 0.25) is 0 Å². The lowest BCUT2D eigenvalue weighted by molar-refractivity contribution is -0.385. The van der Waals surface area contributed by atoms with Crippen molar-refractivity contribution in [3.8, 4) is 0 Å². The normalized spacial score (nSPS) is 11.4. The predicted molar refractivity (Wildman–Crippen MR) is 123 cm³/mol. The minimum Gasteiger partial charge on any atom is -0.383 e. The lowest BCUT2D eigenvalue weighted by Gasteiger charge is -2.24. The number of nitrogens with two attached hydrogens (primary N) is 1. The van der Waals surface area contributed by atoms with Gasteiger partial charge in [0.05, 0.1) is 9.82 Å². The number of hydrogen-bond acceptors (Lipinski definition) is 8. The molecule has 2 aromatic rings. The van der Waals surface area contributed by atoms with Gasteiger partial charge in [0.1, 0.15) is 5.82 Å². The molecule has 0 radical (unpaired) electrons. The van der Waals surface area contributed by atoms with Crippen LogP contribution in [0.15, 0.2) is 32.7 Å². The van der Waals surface area contributed by atoms with E-state index in [1.165, 1.54) is 0 Å². The van der Waals surface area contributed by atoms with Gasteiger partial charge in [-0.3, -0.25) is 29.3 Å². The molecule has 0 unspecified atom stereocenters. The first-order chi connectivity index (χ1) is 15.4. The zero-order chi connectivity index (χ0) is 24.9. The maximum atomic E-state index is 13.4. The number of nitro groups is 1. The number of non-ortho nitro benzene ring substituents is 1. The number of hydrogen-bond donors (Lipinski definition) is 2. The summed E-state index contributed by atoms with van der Waals surface area (Å²) in [4.78, 5) is 51.7. The molecule has 0 aliphatic carbocycles. The fourth-order valence-corrected chi connectivity index (χ4v) is 3.87. The number of amides is 1. The van der Waals surface area contributed by atoms with E-state index >= 15 is 0 Å². The van der Waals surface area contributed by atoms with Gasteiger partial charge >= 0.3 is 5.69 Å². The standard InChI is InChI=1S/C20H27N5O7S/c1-4-6-8-23(16-17(21)24(9-7-5-2)20(28)22-18(16)26)19(27)13-10-14(25(29)30)12-15(11-13)33(3,31)32/h10-12H,4-9,21H2,1-3H3,(H,22,26,28). The van der Waals surface area contributed by atoms with Crippen LogP contribution in [0.5, 0.6) is 0 Å². The van der Waals surface area contributed by atoms with Crippen LogP contribution in [0.1, 0.15) is 49.9 Å². The van der Waals surface area contributed by atoms with Gasteiger partial charge in [-0.2, -0.15) is 0 Å². The Balaban J connectivity index is 2.74. The summed E-state index contributed by atoms with van der Waals surface area (Å²) in [6.45, 7) is 4.00. The summed E-state index contributed by atoms with van der Waals surface area (Å²) in [5.74, 6) is -1.06. The molecule has 0 saturated carbocycles. The lowest BCUT2D eigenvalue weighted by Crippen LogP contribution is -2.41. The van der Waals surface area contributed by atoms with Crippen LogP contribution in [0.25, 0.3) is 0 Å². The van der Waals surface area contributed by atoms with E-state index in [1.54, 1.807) is 0 Å². The van der Waals surface area contributed by atoms with E-state index in [9.17, 15) is 32.9 Å². The topological polar surface area (TPSA) is 178 Å². The van der Waals surface area contributed by atoms with E-state index in [-0.39, 0.29) is 30.2 Å². The van der Waals surface area contributed by atoms with Crippen molar-refractivity contribution in [2.45, 2.75) is 51.0 Å². The molecule has 0 aliphatic rings. The van der Waals surface area contributed by atoms with E-state index in [1.807, 2.05) is 13.8 Å². The average Bonchev–Trinajstić information content (AvgIpc) is 2.74. The van der Waals surface area contributed by atoms with Crippen LogP contribution in [-0.2, 0) is 16.4 Å². The van der Waals surface area contributed by atoms with Crippen molar-refractivity contribution in [1.82, 2.24) is 9.55 Å². The molecule has 0 bridgehead atoms. The van der Waals surface area contributed by atoms with Crippen LogP contribution < -0.4 is 21.9 Å². The van der Waals surface area contributed by atoms with Gasteiger partial charge in [-0.25, -0.2) is 13.2 Å². The number of anilines is 2. The van der Waals surface area contributed by atoms with Gasteiger partial charge in [0.25, 0.3) is 17.2 Å². The number of H-pyrrole nitrogens is 1. The van der Waals surface area contributed by atoms with E-state index in [4.69, 9.17) is 5.73 Å². The van der Waals surface area contributed by atoms with E-state index in [0.717, 1.165) is 40.3 Å². The first-order valence-electron chi connectivity index (χ1n) is 10.4. The monoisotopic (exact) mass is 481 g/mol. The number of nitrogens with one attached hydrogen (secondary N) is 1. The zero-order valence-electron chi connectivity index (χ0n) is 18.7. The molecule has 1 aromatic heterocycles. The van der Waals surface area contributed by atoms with Crippen molar-refractivity contribution in [2.24, 2.45) is 0 Å². The molecule has 2 rings (SSSR count). The number of nitrogen functional groups attached to an aromatic ring is 1. The Morgan fingerprint density at radius 3 is 2.36 bits per heavy atom. The number of aromatic amines is 1. The predicted octanol–water partition coefficient (Wildman–Crippen LogP) is 1.68. The number of sulfone groups is 1. The Bertz CT molecular complexity index is 1280. The fraction of sp³-hybridized carbons (Fsp3) is 0.450. The number of nitrogens with zero attached hydrogens (tertiary/aromatic N) is 3. The fourth-order valence-electron chi connectivity index (χ4n) is 3.19. The third-order valence-electron chi connectivity index (χ3n) is 4.98. The Kier molecular flexibility index (Phi) is 8.14. The summed E-state index contributed by atoms with van der Waals surface area (Å²) >= 11 is 0.